The Morgan fingerprint density at radius 2 is 2.54 bits per heavy atom. The average molecular weight is 308 g/mol. The second-order valence-electron chi connectivity index (χ2n) is 3.06. The molecule has 1 aromatic rings. The van der Waals surface area contributed by atoms with Gasteiger partial charge in [-0.2, -0.15) is 0 Å². The van der Waals surface area contributed by atoms with Gasteiger partial charge in [0.05, 0.1) is 9.49 Å². The highest BCUT2D eigenvalue weighted by atomic mass is 127. The van der Waals surface area contributed by atoms with Crippen LogP contribution in [0, 0.1) is 8.80 Å². The number of carbonyl (C=O) groups excluding carboxylic acids is 1. The largest absolute Gasteiger partial charge is 0.381 e. The third-order valence-electron chi connectivity index (χ3n) is 2.15. The van der Waals surface area contributed by atoms with Gasteiger partial charge in [-0.15, -0.1) is 11.3 Å². The monoisotopic (exact) mass is 308 g/mol. The third-order valence-corrected chi connectivity index (χ3v) is 3.94. The Morgan fingerprint density at radius 1 is 1.69 bits per heavy atom. The maximum absolute atomic E-state index is 11.8. The van der Waals surface area contributed by atoms with Crippen LogP contribution in [0.25, 0.3) is 0 Å². The van der Waals surface area contributed by atoms with E-state index in [9.17, 15) is 4.79 Å². The minimum absolute atomic E-state index is 0.102. The van der Waals surface area contributed by atoms with E-state index in [-0.39, 0.29) is 11.7 Å². The Kier molecular flexibility index (Phi) is 3.00. The van der Waals surface area contributed by atoms with Crippen LogP contribution in [0.5, 0.6) is 0 Å². The van der Waals surface area contributed by atoms with Gasteiger partial charge in [0.2, 0.25) is 0 Å². The van der Waals surface area contributed by atoms with Crippen molar-refractivity contribution in [2.45, 2.75) is 6.42 Å². The zero-order valence-corrected chi connectivity index (χ0v) is 9.93. The highest BCUT2D eigenvalue weighted by Crippen LogP contribution is 2.23. The highest BCUT2D eigenvalue weighted by molar-refractivity contribution is 14.1. The lowest BCUT2D eigenvalue weighted by molar-refractivity contribution is 0.0901. The molecule has 0 radical (unpaired) electrons. The highest BCUT2D eigenvalue weighted by Gasteiger charge is 2.24. The molecular formula is C9H9IO2S. The van der Waals surface area contributed by atoms with Crippen LogP contribution in [0.1, 0.15) is 16.8 Å². The van der Waals surface area contributed by atoms with E-state index in [1.807, 2.05) is 11.4 Å². The SMILES string of the molecule is O=C(c1csc(I)c1)C1CCOC1. The van der Waals surface area contributed by atoms with E-state index >= 15 is 0 Å². The molecule has 0 bridgehead atoms. The summed E-state index contributed by atoms with van der Waals surface area (Å²) in [6.07, 6.45) is 0.880. The lowest BCUT2D eigenvalue weighted by Gasteiger charge is -2.02. The van der Waals surface area contributed by atoms with Crippen molar-refractivity contribution in [1.29, 1.82) is 0 Å². The molecule has 1 atom stereocenters. The van der Waals surface area contributed by atoms with Gasteiger partial charge >= 0.3 is 0 Å². The molecular weight excluding hydrogens is 299 g/mol. The number of rotatable bonds is 2. The first-order valence-electron chi connectivity index (χ1n) is 4.13. The topological polar surface area (TPSA) is 26.3 Å². The number of carbonyl (C=O) groups is 1. The molecule has 0 amide bonds. The second-order valence-corrected chi connectivity index (χ2v) is 5.87. The predicted octanol–water partition coefficient (Wildman–Crippen LogP) is 2.57. The summed E-state index contributed by atoms with van der Waals surface area (Å²) in [6.45, 7) is 1.34. The molecule has 1 aromatic heterocycles. The van der Waals surface area contributed by atoms with E-state index < -0.39 is 0 Å². The maximum atomic E-state index is 11.8. The first kappa shape index (κ1) is 9.61. The molecule has 1 aliphatic rings. The molecule has 1 fully saturated rings. The lowest BCUT2D eigenvalue weighted by Crippen LogP contribution is -2.13. The summed E-state index contributed by atoms with van der Waals surface area (Å²) in [5.74, 6) is 0.349. The van der Waals surface area contributed by atoms with Crippen LogP contribution in [0.3, 0.4) is 0 Å². The number of Topliss-reactive ketones (excluding diaryl/α,β-unsaturated/α-hetero) is 1. The van der Waals surface area contributed by atoms with Crippen LogP contribution in [0.2, 0.25) is 0 Å². The molecule has 4 heteroatoms. The summed E-state index contributed by atoms with van der Waals surface area (Å²) in [6, 6.07) is 1.95. The molecule has 0 saturated carbocycles. The fraction of sp³-hybridized carbons (Fsp3) is 0.444. The normalized spacial score (nSPS) is 22.1. The molecule has 0 aromatic carbocycles. The maximum Gasteiger partial charge on any atom is 0.169 e. The number of hydrogen-bond donors (Lipinski definition) is 0. The first-order valence-corrected chi connectivity index (χ1v) is 6.09. The van der Waals surface area contributed by atoms with Gasteiger partial charge in [0.15, 0.2) is 5.78 Å². The quantitative estimate of drug-likeness (QED) is 0.620. The minimum Gasteiger partial charge on any atom is -0.381 e. The third kappa shape index (κ3) is 2.11. The molecule has 1 unspecified atom stereocenters. The van der Waals surface area contributed by atoms with Crippen LogP contribution < -0.4 is 0 Å². The Hall–Kier alpha value is 0.0600. The van der Waals surface area contributed by atoms with Gasteiger partial charge in [-0.25, -0.2) is 0 Å². The Balaban J connectivity index is 2.12. The van der Waals surface area contributed by atoms with Crippen LogP contribution in [-0.2, 0) is 4.74 Å². The zero-order chi connectivity index (χ0) is 9.26. The van der Waals surface area contributed by atoms with Crippen LogP contribution >= 0.6 is 33.9 Å². The standard InChI is InChI=1S/C9H9IO2S/c10-8-3-7(5-13-8)9(11)6-1-2-12-4-6/h3,5-6H,1-2,4H2. The fourth-order valence-corrected chi connectivity index (χ4v) is 2.75. The van der Waals surface area contributed by atoms with Crippen LogP contribution in [-0.4, -0.2) is 19.0 Å². The van der Waals surface area contributed by atoms with Gasteiger partial charge < -0.3 is 4.74 Å². The van der Waals surface area contributed by atoms with Crippen molar-refractivity contribution < 1.29 is 9.53 Å². The summed E-state index contributed by atoms with van der Waals surface area (Å²) in [5, 5.41) is 1.93. The second kappa shape index (κ2) is 4.06. The van der Waals surface area contributed by atoms with Gasteiger partial charge in [0.25, 0.3) is 0 Å². The number of hydrogen-bond acceptors (Lipinski definition) is 3. The van der Waals surface area contributed by atoms with E-state index in [4.69, 9.17) is 4.74 Å². The van der Waals surface area contributed by atoms with Crippen molar-refractivity contribution in [2.24, 2.45) is 5.92 Å². The van der Waals surface area contributed by atoms with E-state index in [2.05, 4.69) is 22.6 Å². The van der Waals surface area contributed by atoms with Crippen LogP contribution in [0.4, 0.5) is 0 Å². The van der Waals surface area contributed by atoms with Crippen molar-refractivity contribution in [3.05, 3.63) is 19.9 Å². The van der Waals surface area contributed by atoms with Crippen molar-refractivity contribution >= 4 is 39.7 Å². The molecule has 2 nitrogen and oxygen atoms in total. The van der Waals surface area contributed by atoms with Gasteiger partial charge in [-0.05, 0) is 35.1 Å². The Labute approximate surface area is 94.4 Å². The zero-order valence-electron chi connectivity index (χ0n) is 6.96. The fourth-order valence-electron chi connectivity index (χ4n) is 1.42. The molecule has 0 aliphatic carbocycles. The van der Waals surface area contributed by atoms with E-state index in [0.29, 0.717) is 6.61 Å². The minimum atomic E-state index is 0.102. The molecule has 0 spiro atoms. The van der Waals surface area contributed by atoms with E-state index in [1.165, 1.54) is 2.88 Å². The molecule has 13 heavy (non-hydrogen) atoms. The number of halogens is 1. The summed E-state index contributed by atoms with van der Waals surface area (Å²) in [5.41, 5.74) is 0.852. The van der Waals surface area contributed by atoms with Gasteiger partial charge in [0, 0.05) is 23.5 Å². The summed E-state index contributed by atoms with van der Waals surface area (Å²) >= 11 is 3.85. The molecule has 0 N–H and O–H groups in total. The first-order chi connectivity index (χ1) is 6.27. The molecule has 2 heterocycles. The van der Waals surface area contributed by atoms with E-state index in [0.717, 1.165) is 18.6 Å². The van der Waals surface area contributed by atoms with Gasteiger partial charge in [0.1, 0.15) is 0 Å². The number of ether oxygens (including phenoxy) is 1. The van der Waals surface area contributed by atoms with Crippen molar-refractivity contribution in [1.82, 2.24) is 0 Å². The van der Waals surface area contributed by atoms with Crippen molar-refractivity contribution in [2.75, 3.05) is 13.2 Å². The predicted molar refractivity (Wildman–Crippen MR) is 60.3 cm³/mol. The van der Waals surface area contributed by atoms with Crippen molar-refractivity contribution in [3.63, 3.8) is 0 Å². The van der Waals surface area contributed by atoms with Gasteiger partial charge in [-0.3, -0.25) is 4.79 Å². The smallest absolute Gasteiger partial charge is 0.169 e. The Morgan fingerprint density at radius 3 is 3.08 bits per heavy atom. The Bertz CT molecular complexity index is 315. The summed E-state index contributed by atoms with van der Waals surface area (Å²) in [7, 11) is 0. The average Bonchev–Trinajstić information content (AvgIpc) is 2.72. The van der Waals surface area contributed by atoms with Crippen LogP contribution in [0.15, 0.2) is 11.4 Å². The number of thiophene rings is 1. The van der Waals surface area contributed by atoms with E-state index in [1.54, 1.807) is 11.3 Å². The van der Waals surface area contributed by atoms with Crippen molar-refractivity contribution in [3.8, 4) is 0 Å². The lowest BCUT2D eigenvalue weighted by atomic mass is 9.99. The molecule has 2 rings (SSSR count). The molecule has 1 saturated heterocycles. The summed E-state index contributed by atoms with van der Waals surface area (Å²) < 4.78 is 6.35. The van der Waals surface area contributed by atoms with Gasteiger partial charge in [-0.1, -0.05) is 0 Å². The molecule has 1 aliphatic heterocycles. The molecule has 70 valence electrons. The number of ketones is 1. The summed E-state index contributed by atoms with van der Waals surface area (Å²) in [4.78, 5) is 11.8.